The van der Waals surface area contributed by atoms with Crippen LogP contribution in [-0.2, 0) is 17.6 Å². The molecule has 6 heteroatoms. The Morgan fingerprint density at radius 1 is 1.36 bits per heavy atom. The molecule has 1 unspecified atom stereocenters. The third-order valence-corrected chi connectivity index (χ3v) is 4.77. The molecule has 2 aromatic rings. The summed E-state index contributed by atoms with van der Waals surface area (Å²) in [6, 6.07) is 1.27. The minimum atomic E-state index is -0.760. The van der Waals surface area contributed by atoms with Crippen LogP contribution in [0, 0.1) is 17.6 Å². The first-order valence-corrected chi connectivity index (χ1v) is 7.68. The van der Waals surface area contributed by atoms with Gasteiger partial charge < -0.3 is 10.1 Å². The number of aromatic nitrogens is 1. The number of carbonyl (C=O) groups excluding carboxylic acids is 1. The molecule has 1 aliphatic rings. The normalized spacial score (nSPS) is 18.3. The number of aromatic amines is 1. The van der Waals surface area contributed by atoms with Gasteiger partial charge in [-0.05, 0) is 43.2 Å². The Balaban J connectivity index is 1.93. The highest BCUT2D eigenvalue weighted by molar-refractivity contribution is 6.31. The molecule has 22 heavy (non-hydrogen) atoms. The van der Waals surface area contributed by atoms with E-state index in [2.05, 4.69) is 4.98 Å². The van der Waals surface area contributed by atoms with Crippen LogP contribution in [0.5, 0.6) is 0 Å². The van der Waals surface area contributed by atoms with Crippen molar-refractivity contribution < 1.29 is 18.7 Å². The molecule has 0 saturated heterocycles. The van der Waals surface area contributed by atoms with Crippen molar-refractivity contribution in [3.8, 4) is 0 Å². The number of ketones is 1. The standard InChI is InChI=1S/C16H16ClF2NO2/c17-14-12(18)6-11-10-3-1-8(5-9(22)7-21)2-4-13(10)20-16(11)15(14)19/h6,8,20-21H,1-5,7H2. The first-order valence-electron chi connectivity index (χ1n) is 7.30. The highest BCUT2D eigenvalue weighted by Gasteiger charge is 2.24. The van der Waals surface area contributed by atoms with Crippen LogP contribution in [0.1, 0.15) is 30.5 Å². The molecule has 1 aromatic carbocycles. The average Bonchev–Trinajstić information content (AvgIpc) is 2.73. The number of halogens is 3. The van der Waals surface area contributed by atoms with E-state index < -0.39 is 23.3 Å². The lowest BCUT2D eigenvalue weighted by Crippen LogP contribution is -2.12. The monoisotopic (exact) mass is 327 g/mol. The molecule has 1 aromatic heterocycles. The number of aryl methyl sites for hydroxylation is 2. The highest BCUT2D eigenvalue weighted by Crippen LogP contribution is 2.35. The van der Waals surface area contributed by atoms with Crippen LogP contribution in [0.25, 0.3) is 10.9 Å². The fraction of sp³-hybridized carbons (Fsp3) is 0.438. The van der Waals surface area contributed by atoms with Gasteiger partial charge in [-0.3, -0.25) is 4.79 Å². The minimum Gasteiger partial charge on any atom is -0.389 e. The number of Topliss-reactive ketones (excluding diaryl/α,β-unsaturated/α-hetero) is 1. The number of carbonyl (C=O) groups is 1. The molecule has 3 nitrogen and oxygen atoms in total. The Kier molecular flexibility index (Phi) is 4.19. The SMILES string of the molecule is O=C(CO)CC1CCc2[nH]c3c(F)c(Cl)c(F)cc3c2CC1. The van der Waals surface area contributed by atoms with Gasteiger partial charge in [-0.25, -0.2) is 8.78 Å². The fourth-order valence-electron chi connectivity index (χ4n) is 3.28. The molecule has 0 bridgehead atoms. The molecule has 1 heterocycles. The number of benzene rings is 1. The predicted molar refractivity (Wildman–Crippen MR) is 80.1 cm³/mol. The van der Waals surface area contributed by atoms with Gasteiger partial charge >= 0.3 is 0 Å². The topological polar surface area (TPSA) is 53.1 Å². The number of hydrogen-bond acceptors (Lipinski definition) is 2. The van der Waals surface area contributed by atoms with Gasteiger partial charge in [0.1, 0.15) is 17.4 Å². The number of nitrogens with one attached hydrogen (secondary N) is 1. The Morgan fingerprint density at radius 3 is 2.82 bits per heavy atom. The van der Waals surface area contributed by atoms with Crippen molar-refractivity contribution in [2.45, 2.75) is 32.1 Å². The maximum absolute atomic E-state index is 14.1. The smallest absolute Gasteiger partial charge is 0.168 e. The number of rotatable bonds is 3. The largest absolute Gasteiger partial charge is 0.389 e. The second-order valence-electron chi connectivity index (χ2n) is 5.84. The second-order valence-corrected chi connectivity index (χ2v) is 6.21. The van der Waals surface area contributed by atoms with E-state index in [0.29, 0.717) is 24.6 Å². The fourth-order valence-corrected chi connectivity index (χ4v) is 3.42. The first kappa shape index (κ1) is 15.4. The molecule has 1 atom stereocenters. The van der Waals surface area contributed by atoms with Crippen LogP contribution in [0.2, 0.25) is 5.02 Å². The zero-order chi connectivity index (χ0) is 15.9. The summed E-state index contributed by atoms with van der Waals surface area (Å²) in [4.78, 5) is 14.4. The molecule has 0 saturated carbocycles. The van der Waals surface area contributed by atoms with Crippen molar-refractivity contribution in [3.05, 3.63) is 34.0 Å². The summed E-state index contributed by atoms with van der Waals surface area (Å²) in [5.74, 6) is -1.48. The summed E-state index contributed by atoms with van der Waals surface area (Å²) in [5.41, 5.74) is 2.04. The molecule has 1 aliphatic carbocycles. The van der Waals surface area contributed by atoms with Crippen molar-refractivity contribution in [1.29, 1.82) is 0 Å². The maximum Gasteiger partial charge on any atom is 0.168 e. The Hall–Kier alpha value is -1.46. The van der Waals surface area contributed by atoms with Gasteiger partial charge in [0.15, 0.2) is 11.6 Å². The summed E-state index contributed by atoms with van der Waals surface area (Å²) in [5, 5.41) is 8.89. The zero-order valence-corrected chi connectivity index (χ0v) is 12.6. The van der Waals surface area contributed by atoms with E-state index in [4.69, 9.17) is 16.7 Å². The highest BCUT2D eigenvalue weighted by atomic mass is 35.5. The van der Waals surface area contributed by atoms with Crippen LogP contribution in [0.4, 0.5) is 8.78 Å². The predicted octanol–water partition coefficient (Wildman–Crippen LogP) is 3.55. The van der Waals surface area contributed by atoms with Gasteiger partial charge in [0.2, 0.25) is 0 Å². The van der Waals surface area contributed by atoms with Gasteiger partial charge in [-0.1, -0.05) is 11.6 Å². The van der Waals surface area contributed by atoms with E-state index >= 15 is 0 Å². The van der Waals surface area contributed by atoms with Crippen molar-refractivity contribution >= 4 is 28.3 Å². The lowest BCUT2D eigenvalue weighted by molar-refractivity contribution is -0.122. The van der Waals surface area contributed by atoms with Crippen LogP contribution in [-0.4, -0.2) is 22.5 Å². The third kappa shape index (κ3) is 2.63. The molecule has 0 aliphatic heterocycles. The van der Waals surface area contributed by atoms with E-state index in [-0.39, 0.29) is 17.2 Å². The number of aliphatic hydroxyl groups is 1. The zero-order valence-electron chi connectivity index (χ0n) is 11.9. The van der Waals surface area contributed by atoms with Crippen LogP contribution < -0.4 is 0 Å². The van der Waals surface area contributed by atoms with E-state index in [0.717, 1.165) is 24.1 Å². The Labute approximate surface area is 131 Å². The van der Waals surface area contributed by atoms with E-state index in [1.54, 1.807) is 0 Å². The summed E-state index contributed by atoms with van der Waals surface area (Å²) in [7, 11) is 0. The molecule has 2 N–H and O–H groups in total. The third-order valence-electron chi connectivity index (χ3n) is 4.43. The first-order chi connectivity index (χ1) is 10.5. The van der Waals surface area contributed by atoms with Gasteiger partial charge in [0.25, 0.3) is 0 Å². The number of fused-ring (bicyclic) bond motifs is 3. The van der Waals surface area contributed by atoms with E-state index in [1.807, 2.05) is 0 Å². The molecule has 0 spiro atoms. The molecular weight excluding hydrogens is 312 g/mol. The molecule has 0 radical (unpaired) electrons. The molecule has 0 amide bonds. The average molecular weight is 328 g/mol. The lowest BCUT2D eigenvalue weighted by Gasteiger charge is -2.12. The molecular formula is C16H16ClF2NO2. The van der Waals surface area contributed by atoms with Crippen LogP contribution >= 0.6 is 11.6 Å². The van der Waals surface area contributed by atoms with Gasteiger partial charge in [-0.15, -0.1) is 0 Å². The van der Waals surface area contributed by atoms with Crippen molar-refractivity contribution in [3.63, 3.8) is 0 Å². The molecule has 0 fully saturated rings. The second kappa shape index (κ2) is 5.97. The summed E-state index contributed by atoms with van der Waals surface area (Å²) in [6.45, 7) is -0.431. The van der Waals surface area contributed by atoms with Gasteiger partial charge in [0, 0.05) is 17.5 Å². The van der Waals surface area contributed by atoms with Crippen molar-refractivity contribution in [2.75, 3.05) is 6.61 Å². The van der Waals surface area contributed by atoms with E-state index in [9.17, 15) is 13.6 Å². The lowest BCUT2D eigenvalue weighted by atomic mass is 9.94. The summed E-state index contributed by atoms with van der Waals surface area (Å²) in [6.07, 6.45) is 3.22. The number of hydrogen-bond donors (Lipinski definition) is 2. The number of aliphatic hydroxyl groups excluding tert-OH is 1. The van der Waals surface area contributed by atoms with Crippen molar-refractivity contribution in [2.24, 2.45) is 5.92 Å². The summed E-state index contributed by atoms with van der Waals surface area (Å²) >= 11 is 5.62. The molecule has 118 valence electrons. The van der Waals surface area contributed by atoms with Crippen molar-refractivity contribution in [1.82, 2.24) is 4.98 Å². The number of H-pyrrole nitrogens is 1. The van der Waals surface area contributed by atoms with Gasteiger partial charge in [-0.2, -0.15) is 0 Å². The maximum atomic E-state index is 14.1. The van der Waals surface area contributed by atoms with Crippen LogP contribution in [0.15, 0.2) is 6.07 Å². The van der Waals surface area contributed by atoms with E-state index in [1.165, 1.54) is 6.07 Å². The Bertz CT molecular complexity index is 742. The summed E-state index contributed by atoms with van der Waals surface area (Å²) < 4.78 is 27.8. The minimum absolute atomic E-state index is 0.163. The molecule has 3 rings (SSSR count). The van der Waals surface area contributed by atoms with Gasteiger partial charge in [0.05, 0.1) is 5.52 Å². The van der Waals surface area contributed by atoms with Crippen LogP contribution in [0.3, 0.4) is 0 Å². The Morgan fingerprint density at radius 2 is 2.09 bits per heavy atom. The quantitative estimate of drug-likeness (QED) is 0.669.